The van der Waals surface area contributed by atoms with Crippen molar-refractivity contribution in [2.45, 2.75) is 12.5 Å². The lowest BCUT2D eigenvalue weighted by Crippen LogP contribution is -2.52. The third-order valence-corrected chi connectivity index (χ3v) is 5.37. The summed E-state index contributed by atoms with van der Waals surface area (Å²) in [6.07, 6.45) is 0.182. The van der Waals surface area contributed by atoms with Gasteiger partial charge in [0.1, 0.15) is 5.82 Å². The lowest BCUT2D eigenvalue weighted by molar-refractivity contribution is -0.123. The molecule has 0 aliphatic carbocycles. The zero-order chi connectivity index (χ0) is 19.0. The van der Waals surface area contributed by atoms with E-state index in [1.165, 1.54) is 17.0 Å². The number of nitrogens with zero attached hydrogens (tertiary/aromatic N) is 3. The summed E-state index contributed by atoms with van der Waals surface area (Å²) in [7, 11) is 0. The number of hydrogen-bond acceptors (Lipinski definition) is 4. The fourth-order valence-electron chi connectivity index (χ4n) is 3.73. The first-order valence-electron chi connectivity index (χ1n) is 8.90. The van der Waals surface area contributed by atoms with Gasteiger partial charge in [0.05, 0.1) is 18.2 Å². The van der Waals surface area contributed by atoms with Crippen molar-refractivity contribution in [2.24, 2.45) is 0 Å². The van der Waals surface area contributed by atoms with Crippen molar-refractivity contribution in [2.75, 3.05) is 36.0 Å². The number of rotatable bonds is 3. The van der Waals surface area contributed by atoms with Crippen molar-refractivity contribution in [3.8, 4) is 0 Å². The second-order valence-corrected chi connectivity index (χ2v) is 7.20. The van der Waals surface area contributed by atoms with E-state index in [9.17, 15) is 14.0 Å². The second-order valence-electron chi connectivity index (χ2n) is 6.77. The first-order valence-corrected chi connectivity index (χ1v) is 9.27. The van der Waals surface area contributed by atoms with E-state index in [1.807, 2.05) is 0 Å². The van der Waals surface area contributed by atoms with E-state index in [-0.39, 0.29) is 24.1 Å². The van der Waals surface area contributed by atoms with Crippen molar-refractivity contribution in [3.05, 3.63) is 59.4 Å². The van der Waals surface area contributed by atoms with Crippen LogP contribution in [0.4, 0.5) is 15.8 Å². The number of amides is 2. The molecule has 1 unspecified atom stereocenters. The van der Waals surface area contributed by atoms with Crippen molar-refractivity contribution in [3.63, 3.8) is 0 Å². The molecule has 0 spiro atoms. The summed E-state index contributed by atoms with van der Waals surface area (Å²) in [4.78, 5) is 30.8. The van der Waals surface area contributed by atoms with Crippen LogP contribution in [0.1, 0.15) is 6.42 Å². The van der Waals surface area contributed by atoms with Gasteiger partial charge in [-0.25, -0.2) is 9.29 Å². The largest absolute Gasteiger partial charge is 0.369 e. The van der Waals surface area contributed by atoms with Crippen LogP contribution in [0.5, 0.6) is 0 Å². The van der Waals surface area contributed by atoms with Crippen LogP contribution in [0.15, 0.2) is 48.5 Å². The molecule has 2 aliphatic rings. The number of anilines is 2. The Bertz CT molecular complexity index is 866. The molecule has 2 saturated heterocycles. The van der Waals surface area contributed by atoms with E-state index in [4.69, 9.17) is 11.6 Å². The van der Waals surface area contributed by atoms with Crippen LogP contribution in [0.2, 0.25) is 5.02 Å². The maximum Gasteiger partial charge on any atom is 0.251 e. The minimum absolute atomic E-state index is 0.182. The molecule has 2 amide bonds. The first kappa shape index (κ1) is 17.9. The fourth-order valence-corrected chi connectivity index (χ4v) is 3.92. The number of carbonyl (C=O) groups is 2. The Hall–Kier alpha value is -2.44. The summed E-state index contributed by atoms with van der Waals surface area (Å²) in [5, 5.41) is 0.490. The van der Waals surface area contributed by atoms with Crippen molar-refractivity contribution >= 4 is 34.8 Å². The van der Waals surface area contributed by atoms with E-state index in [0.717, 1.165) is 18.8 Å². The third-order valence-electron chi connectivity index (χ3n) is 5.14. The highest BCUT2D eigenvalue weighted by Gasteiger charge is 2.43. The topological polar surface area (TPSA) is 43.9 Å². The number of halogens is 2. The molecule has 0 aromatic heterocycles. The molecule has 2 aromatic rings. The highest BCUT2D eigenvalue weighted by atomic mass is 35.5. The van der Waals surface area contributed by atoms with Gasteiger partial charge >= 0.3 is 0 Å². The highest BCUT2D eigenvalue weighted by molar-refractivity contribution is 6.31. The number of benzene rings is 2. The summed E-state index contributed by atoms with van der Waals surface area (Å²) in [6.45, 7) is 2.79. The fraction of sp³-hybridized carbons (Fsp3) is 0.300. The Morgan fingerprint density at radius 3 is 2.30 bits per heavy atom. The summed E-state index contributed by atoms with van der Waals surface area (Å²) in [6, 6.07) is 12.8. The quantitative estimate of drug-likeness (QED) is 0.759. The van der Waals surface area contributed by atoms with Crippen molar-refractivity contribution < 1.29 is 14.0 Å². The summed E-state index contributed by atoms with van der Waals surface area (Å²) in [5.41, 5.74) is 1.48. The lowest BCUT2D eigenvalue weighted by Gasteiger charge is -2.38. The minimum Gasteiger partial charge on any atom is -0.369 e. The van der Waals surface area contributed by atoms with Gasteiger partial charge in [0.2, 0.25) is 5.91 Å². The zero-order valence-electron chi connectivity index (χ0n) is 14.6. The normalized spacial score (nSPS) is 21.2. The molecule has 4 rings (SSSR count). The van der Waals surface area contributed by atoms with Gasteiger partial charge in [0.25, 0.3) is 5.91 Å². The lowest BCUT2D eigenvalue weighted by atomic mass is 10.1. The molecule has 0 saturated carbocycles. The van der Waals surface area contributed by atoms with Gasteiger partial charge in [0.15, 0.2) is 0 Å². The molecular formula is C20H19ClFN3O2. The monoisotopic (exact) mass is 387 g/mol. The van der Waals surface area contributed by atoms with Gasteiger partial charge in [-0.2, -0.15) is 0 Å². The molecule has 0 radical (unpaired) electrons. The molecule has 27 heavy (non-hydrogen) atoms. The first-order chi connectivity index (χ1) is 13.0. The van der Waals surface area contributed by atoms with Crippen LogP contribution >= 0.6 is 11.6 Å². The van der Waals surface area contributed by atoms with E-state index in [0.29, 0.717) is 23.8 Å². The van der Waals surface area contributed by atoms with Gasteiger partial charge in [-0.15, -0.1) is 0 Å². The van der Waals surface area contributed by atoms with Gasteiger partial charge < -0.3 is 4.90 Å². The number of imide groups is 1. The molecule has 2 aliphatic heterocycles. The predicted molar refractivity (Wildman–Crippen MR) is 103 cm³/mol. The Labute approximate surface area is 161 Å². The zero-order valence-corrected chi connectivity index (χ0v) is 15.4. The third kappa shape index (κ3) is 3.55. The van der Waals surface area contributed by atoms with Gasteiger partial charge in [-0.1, -0.05) is 17.7 Å². The van der Waals surface area contributed by atoms with Crippen molar-refractivity contribution in [1.29, 1.82) is 0 Å². The molecule has 140 valence electrons. The van der Waals surface area contributed by atoms with Crippen LogP contribution in [-0.4, -0.2) is 48.9 Å². The summed E-state index contributed by atoms with van der Waals surface area (Å²) in [5.74, 6) is -0.653. The maximum absolute atomic E-state index is 13.1. The average molecular weight is 388 g/mol. The van der Waals surface area contributed by atoms with Gasteiger partial charge in [-0.3, -0.25) is 14.5 Å². The SMILES string of the molecule is O=C1CC(N2CCN(c3ccc(F)cc3)CC2)C(=O)N1c1cccc(Cl)c1. The van der Waals surface area contributed by atoms with E-state index in [1.54, 1.807) is 36.4 Å². The molecule has 0 bridgehead atoms. The Morgan fingerprint density at radius 2 is 1.63 bits per heavy atom. The average Bonchev–Trinajstić information content (AvgIpc) is 2.97. The summed E-state index contributed by atoms with van der Waals surface area (Å²) < 4.78 is 13.1. The van der Waals surface area contributed by atoms with Crippen LogP contribution in [0, 0.1) is 5.82 Å². The predicted octanol–water partition coefficient (Wildman–Crippen LogP) is 2.93. The van der Waals surface area contributed by atoms with E-state index < -0.39 is 6.04 Å². The summed E-state index contributed by atoms with van der Waals surface area (Å²) >= 11 is 6.00. The minimum atomic E-state index is -0.438. The Morgan fingerprint density at radius 1 is 0.926 bits per heavy atom. The molecule has 0 N–H and O–H groups in total. The number of piperazine rings is 1. The Balaban J connectivity index is 1.44. The van der Waals surface area contributed by atoms with Gasteiger partial charge in [0, 0.05) is 36.9 Å². The van der Waals surface area contributed by atoms with Crippen LogP contribution < -0.4 is 9.80 Å². The molecule has 7 heteroatoms. The molecule has 2 aromatic carbocycles. The maximum atomic E-state index is 13.1. The van der Waals surface area contributed by atoms with Gasteiger partial charge in [-0.05, 0) is 42.5 Å². The molecule has 1 atom stereocenters. The highest BCUT2D eigenvalue weighted by Crippen LogP contribution is 2.28. The van der Waals surface area contributed by atoms with Crippen molar-refractivity contribution in [1.82, 2.24) is 4.90 Å². The van der Waals surface area contributed by atoms with E-state index >= 15 is 0 Å². The van der Waals surface area contributed by atoms with Crippen LogP contribution in [0.3, 0.4) is 0 Å². The molecule has 5 nitrogen and oxygen atoms in total. The number of carbonyl (C=O) groups excluding carboxylic acids is 2. The smallest absolute Gasteiger partial charge is 0.251 e. The number of hydrogen-bond donors (Lipinski definition) is 0. The second kappa shape index (κ2) is 7.29. The van der Waals surface area contributed by atoms with Crippen LogP contribution in [-0.2, 0) is 9.59 Å². The molecule has 2 heterocycles. The van der Waals surface area contributed by atoms with E-state index in [2.05, 4.69) is 9.80 Å². The molecular weight excluding hydrogens is 369 g/mol. The standard InChI is InChI=1S/C20H19ClFN3O2/c21-14-2-1-3-17(12-14)25-19(26)13-18(20(25)27)24-10-8-23(9-11-24)16-6-4-15(22)5-7-16/h1-7,12,18H,8-11,13H2. The van der Waals surface area contributed by atoms with Crippen LogP contribution in [0.25, 0.3) is 0 Å². The molecule has 2 fully saturated rings. The Kier molecular flexibility index (Phi) is 4.85.